The first-order valence-electron chi connectivity index (χ1n) is 9.33. The Morgan fingerprint density at radius 1 is 1.32 bits per heavy atom. The molecule has 0 aromatic carbocycles. The summed E-state index contributed by atoms with van der Waals surface area (Å²) < 4.78 is 5.84. The van der Waals surface area contributed by atoms with Gasteiger partial charge in [-0.15, -0.1) is 0 Å². The summed E-state index contributed by atoms with van der Waals surface area (Å²) in [5.74, 6) is 1.24. The highest BCUT2D eigenvalue weighted by atomic mass is 16.6. The lowest BCUT2D eigenvalue weighted by Crippen LogP contribution is -3.10. The molecule has 22 heavy (non-hydrogen) atoms. The van der Waals surface area contributed by atoms with E-state index in [-0.39, 0.29) is 23.4 Å². The number of likely N-dealkylation sites (tertiary alicyclic amines) is 1. The van der Waals surface area contributed by atoms with E-state index in [4.69, 9.17) is 4.74 Å². The van der Waals surface area contributed by atoms with Crippen molar-refractivity contribution in [2.75, 3.05) is 19.6 Å². The van der Waals surface area contributed by atoms with Crippen molar-refractivity contribution in [2.45, 2.75) is 58.5 Å². The lowest BCUT2D eigenvalue weighted by atomic mass is 9.59. The molecule has 0 unspecified atom stereocenters. The first-order valence-corrected chi connectivity index (χ1v) is 9.33. The summed E-state index contributed by atoms with van der Waals surface area (Å²) in [4.78, 5) is 14.1. The Morgan fingerprint density at radius 3 is 2.86 bits per heavy atom. The average molecular weight is 304 g/mol. The smallest absolute Gasteiger partial charge is 0.315 e. The van der Waals surface area contributed by atoms with Crippen molar-refractivity contribution in [1.29, 1.82) is 0 Å². The van der Waals surface area contributed by atoms with Crippen LogP contribution in [0.3, 0.4) is 0 Å². The minimum atomic E-state index is 0.0844. The molecule has 2 aliphatic heterocycles. The second kappa shape index (κ2) is 5.36. The number of quaternary nitrogens is 1. The van der Waals surface area contributed by atoms with Gasteiger partial charge in [0.25, 0.3) is 0 Å². The van der Waals surface area contributed by atoms with Crippen LogP contribution in [-0.4, -0.2) is 31.7 Å². The molecule has 0 bridgehead atoms. The van der Waals surface area contributed by atoms with Gasteiger partial charge in [-0.1, -0.05) is 31.9 Å². The third-order valence-electron chi connectivity index (χ3n) is 6.90. The Balaban J connectivity index is 1.59. The van der Waals surface area contributed by atoms with Crippen LogP contribution in [0.4, 0.5) is 0 Å². The zero-order chi connectivity index (χ0) is 15.3. The fourth-order valence-corrected chi connectivity index (χ4v) is 5.67. The highest BCUT2D eigenvalue weighted by Crippen LogP contribution is 2.53. The second-order valence-electron chi connectivity index (χ2n) is 8.50. The van der Waals surface area contributed by atoms with Crippen LogP contribution >= 0.6 is 0 Å². The van der Waals surface area contributed by atoms with E-state index in [0.717, 1.165) is 13.0 Å². The van der Waals surface area contributed by atoms with Crippen LogP contribution in [0, 0.1) is 23.2 Å². The molecule has 0 aromatic heterocycles. The molecule has 3 heteroatoms. The number of ether oxygens (including phenoxy) is 1. The SMILES string of the molecule is C[C@H]1CCC[C@]2(C)C[C@H]3OC(=O)[C@H](C[NH+]4CCCC4)[C@H]3C=C12. The first kappa shape index (κ1) is 14.7. The molecule has 0 radical (unpaired) electrons. The molecule has 2 heterocycles. The van der Waals surface area contributed by atoms with Crippen LogP contribution in [0.5, 0.6) is 0 Å². The Morgan fingerprint density at radius 2 is 2.09 bits per heavy atom. The fourth-order valence-electron chi connectivity index (χ4n) is 5.67. The van der Waals surface area contributed by atoms with Gasteiger partial charge in [0.2, 0.25) is 0 Å². The normalized spacial score (nSPS) is 45.2. The standard InChI is InChI=1S/C19H29NO2/c1-13-6-5-7-19(2)11-17-14(10-16(13)19)15(18(21)22-17)12-20-8-3-4-9-20/h10,13-15,17H,3-9,11-12H2,1-2H3/p+1/t13-,14+,15+,17+,19+/m0/s1. The lowest BCUT2D eigenvalue weighted by Gasteiger charge is -2.46. The minimum absolute atomic E-state index is 0.0844. The molecule has 1 saturated carbocycles. The van der Waals surface area contributed by atoms with Crippen molar-refractivity contribution in [3.8, 4) is 0 Å². The lowest BCUT2D eigenvalue weighted by molar-refractivity contribution is -0.890. The van der Waals surface area contributed by atoms with Crippen LogP contribution in [0.25, 0.3) is 0 Å². The van der Waals surface area contributed by atoms with Gasteiger partial charge in [-0.25, -0.2) is 0 Å². The summed E-state index contributed by atoms with van der Waals surface area (Å²) in [5, 5.41) is 0. The van der Waals surface area contributed by atoms with Crippen LogP contribution in [0.2, 0.25) is 0 Å². The zero-order valence-electron chi connectivity index (χ0n) is 14.1. The Bertz CT molecular complexity index is 494. The molecule has 5 atom stereocenters. The van der Waals surface area contributed by atoms with Crippen molar-refractivity contribution < 1.29 is 14.4 Å². The van der Waals surface area contributed by atoms with E-state index in [1.807, 2.05) is 0 Å². The highest BCUT2D eigenvalue weighted by molar-refractivity contribution is 5.76. The molecule has 0 spiro atoms. The van der Waals surface area contributed by atoms with Gasteiger partial charge in [-0.2, -0.15) is 0 Å². The molecule has 0 aromatic rings. The summed E-state index contributed by atoms with van der Waals surface area (Å²) in [6.07, 6.45) is 10.2. The topological polar surface area (TPSA) is 30.7 Å². The van der Waals surface area contributed by atoms with Crippen LogP contribution < -0.4 is 4.90 Å². The van der Waals surface area contributed by atoms with E-state index in [9.17, 15) is 4.79 Å². The number of carbonyl (C=O) groups is 1. The highest BCUT2D eigenvalue weighted by Gasteiger charge is 2.52. The van der Waals surface area contributed by atoms with Crippen molar-refractivity contribution >= 4 is 5.97 Å². The average Bonchev–Trinajstić information content (AvgIpc) is 3.06. The van der Waals surface area contributed by atoms with Crippen molar-refractivity contribution in [3.63, 3.8) is 0 Å². The molecular weight excluding hydrogens is 274 g/mol. The summed E-state index contributed by atoms with van der Waals surface area (Å²) in [6, 6.07) is 0. The third kappa shape index (κ3) is 2.33. The molecule has 122 valence electrons. The second-order valence-corrected chi connectivity index (χ2v) is 8.50. The predicted molar refractivity (Wildman–Crippen MR) is 85.5 cm³/mol. The van der Waals surface area contributed by atoms with Gasteiger partial charge in [0, 0.05) is 18.8 Å². The number of hydrogen-bond acceptors (Lipinski definition) is 2. The van der Waals surface area contributed by atoms with Crippen molar-refractivity contribution in [1.82, 2.24) is 0 Å². The van der Waals surface area contributed by atoms with Gasteiger partial charge in [0.15, 0.2) is 0 Å². The predicted octanol–water partition coefficient (Wildman–Crippen LogP) is 1.98. The Kier molecular flexibility index (Phi) is 3.60. The molecule has 3 fully saturated rings. The van der Waals surface area contributed by atoms with Gasteiger partial charge in [-0.05, 0) is 30.6 Å². The van der Waals surface area contributed by atoms with Crippen molar-refractivity contribution in [2.24, 2.45) is 23.2 Å². The number of carbonyl (C=O) groups excluding carboxylic acids is 1. The minimum Gasteiger partial charge on any atom is -0.461 e. The summed E-state index contributed by atoms with van der Waals surface area (Å²) >= 11 is 0. The maximum atomic E-state index is 12.5. The van der Waals surface area contributed by atoms with E-state index < -0.39 is 0 Å². The summed E-state index contributed by atoms with van der Waals surface area (Å²) in [5.41, 5.74) is 1.92. The van der Waals surface area contributed by atoms with Crippen LogP contribution in [0.1, 0.15) is 52.4 Å². The maximum absolute atomic E-state index is 12.5. The largest absolute Gasteiger partial charge is 0.461 e. The molecule has 3 nitrogen and oxygen atoms in total. The van der Waals surface area contributed by atoms with Gasteiger partial charge >= 0.3 is 5.97 Å². The first-order chi connectivity index (χ1) is 10.6. The number of allylic oxidation sites excluding steroid dienone is 1. The number of rotatable bonds is 2. The van der Waals surface area contributed by atoms with Gasteiger partial charge < -0.3 is 9.64 Å². The molecule has 2 saturated heterocycles. The monoisotopic (exact) mass is 304 g/mol. The van der Waals surface area contributed by atoms with E-state index in [2.05, 4.69) is 19.9 Å². The Hall–Kier alpha value is -0.830. The number of hydrogen-bond donors (Lipinski definition) is 1. The summed E-state index contributed by atoms with van der Waals surface area (Å²) in [7, 11) is 0. The van der Waals surface area contributed by atoms with E-state index in [0.29, 0.717) is 11.8 Å². The Labute approximate surface area is 134 Å². The third-order valence-corrected chi connectivity index (χ3v) is 6.90. The zero-order valence-corrected chi connectivity index (χ0v) is 14.1. The number of fused-ring (bicyclic) bond motifs is 2. The van der Waals surface area contributed by atoms with E-state index in [1.54, 1.807) is 10.5 Å². The molecule has 2 aliphatic carbocycles. The number of nitrogens with one attached hydrogen (secondary N) is 1. The molecule has 4 aliphatic rings. The molecular formula is C19H30NO2+. The van der Waals surface area contributed by atoms with Crippen molar-refractivity contribution in [3.05, 3.63) is 11.6 Å². The van der Waals surface area contributed by atoms with Gasteiger partial charge in [0.1, 0.15) is 12.0 Å². The number of esters is 1. The maximum Gasteiger partial charge on any atom is 0.315 e. The van der Waals surface area contributed by atoms with E-state index >= 15 is 0 Å². The van der Waals surface area contributed by atoms with Crippen LogP contribution in [-0.2, 0) is 9.53 Å². The van der Waals surface area contributed by atoms with Gasteiger partial charge in [-0.3, -0.25) is 4.79 Å². The van der Waals surface area contributed by atoms with Gasteiger partial charge in [0.05, 0.1) is 19.6 Å². The molecule has 4 rings (SSSR count). The fraction of sp³-hybridized carbons (Fsp3) is 0.842. The van der Waals surface area contributed by atoms with Crippen LogP contribution in [0.15, 0.2) is 11.6 Å². The molecule has 0 amide bonds. The summed E-state index contributed by atoms with van der Waals surface area (Å²) in [6.45, 7) is 8.26. The molecule has 1 N–H and O–H groups in total. The van der Waals surface area contributed by atoms with E-state index in [1.165, 1.54) is 45.2 Å². The quantitative estimate of drug-likeness (QED) is 0.625.